The first-order valence-corrected chi connectivity index (χ1v) is 6.95. The monoisotopic (exact) mass is 259 g/mol. The second kappa shape index (κ2) is 4.07. The summed E-state index contributed by atoms with van der Waals surface area (Å²) in [5.41, 5.74) is 1.05. The Bertz CT molecular complexity index is 551. The van der Waals surface area contributed by atoms with Crippen LogP contribution in [0.2, 0.25) is 5.02 Å². The Morgan fingerprint density at radius 2 is 2.19 bits per heavy atom. The van der Waals surface area contributed by atoms with Crippen LogP contribution in [0.5, 0.6) is 0 Å². The molecule has 0 fully saturated rings. The zero-order chi connectivity index (χ0) is 11.8. The predicted molar refractivity (Wildman–Crippen MR) is 61.7 cm³/mol. The van der Waals surface area contributed by atoms with E-state index in [9.17, 15) is 8.42 Å². The van der Waals surface area contributed by atoms with E-state index >= 15 is 0 Å². The van der Waals surface area contributed by atoms with Gasteiger partial charge in [-0.25, -0.2) is 8.42 Å². The van der Waals surface area contributed by atoms with E-state index in [0.717, 1.165) is 6.26 Å². The smallest absolute Gasteiger partial charge is 0.176 e. The Hall–Kier alpha value is -1.07. The minimum atomic E-state index is -3.31. The number of sulfone groups is 1. The van der Waals surface area contributed by atoms with Crippen molar-refractivity contribution in [1.82, 2.24) is 0 Å². The molecular weight excluding hydrogens is 250 g/mol. The van der Waals surface area contributed by atoms with Crippen LogP contribution in [0.15, 0.2) is 28.3 Å². The summed E-state index contributed by atoms with van der Waals surface area (Å²) in [5, 5.41) is 4.19. The summed E-state index contributed by atoms with van der Waals surface area (Å²) in [6.45, 7) is 0.462. The molecule has 16 heavy (non-hydrogen) atoms. The van der Waals surface area contributed by atoms with E-state index in [-0.39, 0.29) is 4.90 Å². The number of nitrogens with zero attached hydrogens (tertiary/aromatic N) is 1. The molecule has 0 saturated carbocycles. The van der Waals surface area contributed by atoms with Crippen LogP contribution < -0.4 is 0 Å². The molecule has 0 aromatic heterocycles. The molecule has 0 bridgehead atoms. The van der Waals surface area contributed by atoms with Crippen molar-refractivity contribution in [3.8, 4) is 0 Å². The zero-order valence-corrected chi connectivity index (χ0v) is 10.2. The number of hydrogen-bond donors (Lipinski definition) is 0. The number of halogens is 1. The Morgan fingerprint density at radius 3 is 2.75 bits per heavy atom. The lowest BCUT2D eigenvalue weighted by Crippen LogP contribution is -2.08. The third-order valence-electron chi connectivity index (χ3n) is 2.27. The summed E-state index contributed by atoms with van der Waals surface area (Å²) < 4.78 is 23.2. The maximum absolute atomic E-state index is 11.6. The molecule has 2 rings (SSSR count). The van der Waals surface area contributed by atoms with Crippen LogP contribution in [-0.4, -0.2) is 27.0 Å². The SMILES string of the molecule is CS(=O)(=O)c1cccc(Cl)c1C1=NOCC1. The molecule has 0 atom stereocenters. The van der Waals surface area contributed by atoms with Crippen LogP contribution in [-0.2, 0) is 14.7 Å². The maximum atomic E-state index is 11.6. The van der Waals surface area contributed by atoms with Gasteiger partial charge in [0.05, 0.1) is 15.6 Å². The molecular formula is C10H10ClNO3S. The summed E-state index contributed by atoms with van der Waals surface area (Å²) >= 11 is 6.01. The van der Waals surface area contributed by atoms with Gasteiger partial charge >= 0.3 is 0 Å². The van der Waals surface area contributed by atoms with Gasteiger partial charge in [-0.15, -0.1) is 0 Å². The lowest BCUT2D eigenvalue weighted by atomic mass is 10.1. The van der Waals surface area contributed by atoms with Crippen molar-refractivity contribution >= 4 is 27.1 Å². The fourth-order valence-corrected chi connectivity index (χ4v) is 2.84. The van der Waals surface area contributed by atoms with Crippen molar-refractivity contribution in [3.63, 3.8) is 0 Å². The van der Waals surface area contributed by atoms with Crippen molar-refractivity contribution in [2.45, 2.75) is 11.3 Å². The second-order valence-corrected chi connectivity index (χ2v) is 5.90. The molecule has 0 radical (unpaired) electrons. The Labute approximate surface area is 98.8 Å². The van der Waals surface area contributed by atoms with E-state index in [0.29, 0.717) is 29.3 Å². The van der Waals surface area contributed by atoms with Gasteiger partial charge < -0.3 is 4.84 Å². The minimum Gasteiger partial charge on any atom is -0.395 e. The number of benzene rings is 1. The molecule has 0 amide bonds. The van der Waals surface area contributed by atoms with E-state index in [1.165, 1.54) is 6.07 Å². The fraction of sp³-hybridized carbons (Fsp3) is 0.300. The highest BCUT2D eigenvalue weighted by Crippen LogP contribution is 2.27. The van der Waals surface area contributed by atoms with E-state index in [2.05, 4.69) is 5.16 Å². The van der Waals surface area contributed by atoms with Crippen molar-refractivity contribution < 1.29 is 13.3 Å². The first-order valence-electron chi connectivity index (χ1n) is 4.68. The summed E-state index contributed by atoms with van der Waals surface area (Å²) in [7, 11) is -3.31. The molecule has 0 N–H and O–H groups in total. The summed E-state index contributed by atoms with van der Waals surface area (Å²) in [5.74, 6) is 0. The van der Waals surface area contributed by atoms with Crippen molar-refractivity contribution in [1.29, 1.82) is 0 Å². The van der Waals surface area contributed by atoms with Crippen LogP contribution in [0.4, 0.5) is 0 Å². The lowest BCUT2D eigenvalue weighted by molar-refractivity contribution is 0.174. The molecule has 0 unspecified atom stereocenters. The topological polar surface area (TPSA) is 55.7 Å². The largest absolute Gasteiger partial charge is 0.395 e. The zero-order valence-electron chi connectivity index (χ0n) is 8.60. The van der Waals surface area contributed by atoms with E-state index < -0.39 is 9.84 Å². The Kier molecular flexibility index (Phi) is 2.90. The van der Waals surface area contributed by atoms with E-state index in [1.807, 2.05) is 0 Å². The molecule has 6 heteroatoms. The Morgan fingerprint density at radius 1 is 1.44 bits per heavy atom. The van der Waals surface area contributed by atoms with Gasteiger partial charge in [0.15, 0.2) is 9.84 Å². The molecule has 0 aliphatic carbocycles. The van der Waals surface area contributed by atoms with Gasteiger partial charge in [0, 0.05) is 18.2 Å². The number of rotatable bonds is 2. The first kappa shape index (κ1) is 11.4. The molecule has 1 heterocycles. The second-order valence-electron chi connectivity index (χ2n) is 3.51. The quantitative estimate of drug-likeness (QED) is 0.815. The predicted octanol–water partition coefficient (Wildman–Crippen LogP) is 1.87. The van der Waals surface area contributed by atoms with E-state index in [1.54, 1.807) is 12.1 Å². The summed E-state index contributed by atoms with van der Waals surface area (Å²) in [4.78, 5) is 5.07. The van der Waals surface area contributed by atoms with Gasteiger partial charge in [0.1, 0.15) is 6.61 Å². The lowest BCUT2D eigenvalue weighted by Gasteiger charge is -2.08. The molecule has 86 valence electrons. The minimum absolute atomic E-state index is 0.198. The average Bonchev–Trinajstić information content (AvgIpc) is 2.68. The standard InChI is InChI=1S/C10H10ClNO3S/c1-16(13,14)9-4-2-3-7(11)10(9)8-5-6-15-12-8/h2-4H,5-6H2,1H3. The first-order chi connectivity index (χ1) is 7.50. The fourth-order valence-electron chi connectivity index (χ4n) is 1.58. The maximum Gasteiger partial charge on any atom is 0.176 e. The van der Waals surface area contributed by atoms with Gasteiger partial charge in [-0.1, -0.05) is 22.8 Å². The van der Waals surface area contributed by atoms with Gasteiger partial charge in [-0.3, -0.25) is 0 Å². The van der Waals surface area contributed by atoms with Gasteiger partial charge in [-0.05, 0) is 12.1 Å². The van der Waals surface area contributed by atoms with Crippen LogP contribution >= 0.6 is 11.6 Å². The highest BCUT2D eigenvalue weighted by atomic mass is 35.5. The molecule has 0 saturated heterocycles. The summed E-state index contributed by atoms with van der Waals surface area (Å²) in [6.07, 6.45) is 1.73. The van der Waals surface area contributed by atoms with Crippen molar-refractivity contribution in [2.24, 2.45) is 5.16 Å². The van der Waals surface area contributed by atoms with Crippen LogP contribution in [0.25, 0.3) is 0 Å². The van der Waals surface area contributed by atoms with Crippen molar-refractivity contribution in [2.75, 3.05) is 12.9 Å². The molecule has 1 aromatic rings. The highest BCUT2D eigenvalue weighted by molar-refractivity contribution is 7.90. The van der Waals surface area contributed by atoms with Crippen molar-refractivity contribution in [3.05, 3.63) is 28.8 Å². The number of oxime groups is 1. The van der Waals surface area contributed by atoms with Gasteiger partial charge in [0.2, 0.25) is 0 Å². The van der Waals surface area contributed by atoms with Crippen LogP contribution in [0, 0.1) is 0 Å². The third kappa shape index (κ3) is 2.05. The Balaban J connectivity index is 2.67. The van der Waals surface area contributed by atoms with Gasteiger partial charge in [0.25, 0.3) is 0 Å². The molecule has 1 aliphatic heterocycles. The molecule has 1 aromatic carbocycles. The normalized spacial score (nSPS) is 15.8. The number of hydrogen-bond acceptors (Lipinski definition) is 4. The molecule has 4 nitrogen and oxygen atoms in total. The third-order valence-corrected chi connectivity index (χ3v) is 3.72. The highest BCUT2D eigenvalue weighted by Gasteiger charge is 2.22. The van der Waals surface area contributed by atoms with Crippen LogP contribution in [0.3, 0.4) is 0 Å². The van der Waals surface area contributed by atoms with E-state index in [4.69, 9.17) is 16.4 Å². The molecule has 0 spiro atoms. The van der Waals surface area contributed by atoms with Gasteiger partial charge in [-0.2, -0.15) is 0 Å². The van der Waals surface area contributed by atoms with Crippen LogP contribution in [0.1, 0.15) is 12.0 Å². The summed E-state index contributed by atoms with van der Waals surface area (Å²) in [6, 6.07) is 4.78. The molecule has 1 aliphatic rings. The average molecular weight is 260 g/mol.